The zero-order chi connectivity index (χ0) is 18.7. The summed E-state index contributed by atoms with van der Waals surface area (Å²) in [6.07, 6.45) is 2.59. The number of pyridine rings is 2. The van der Waals surface area contributed by atoms with Gasteiger partial charge in [0.2, 0.25) is 5.43 Å². The van der Waals surface area contributed by atoms with E-state index in [4.69, 9.17) is 5.11 Å². The zero-order valence-corrected chi connectivity index (χ0v) is 15.8. The van der Waals surface area contributed by atoms with Gasteiger partial charge in [-0.2, -0.15) is 0 Å². The summed E-state index contributed by atoms with van der Waals surface area (Å²) in [7, 11) is 0. The van der Waals surface area contributed by atoms with Crippen LogP contribution in [-0.4, -0.2) is 57.9 Å². The maximum atomic E-state index is 14.9. The van der Waals surface area contributed by atoms with Gasteiger partial charge >= 0.3 is 6.16 Å². The molecule has 2 unspecified atom stereocenters. The summed E-state index contributed by atoms with van der Waals surface area (Å²) in [6, 6.07) is 1.53. The minimum absolute atomic E-state index is 0. The molecule has 0 radical (unpaired) electrons. The Morgan fingerprint density at radius 2 is 2.00 bits per heavy atom. The summed E-state index contributed by atoms with van der Waals surface area (Å²) in [5, 5.41) is 8.92. The minimum atomic E-state index is -1.57. The predicted octanol–water partition coefficient (Wildman–Crippen LogP) is 2.24. The van der Waals surface area contributed by atoms with Crippen molar-refractivity contribution in [1.82, 2.24) is 14.5 Å². The fourth-order valence-corrected chi connectivity index (χ4v) is 4.19. The van der Waals surface area contributed by atoms with Gasteiger partial charge in [-0.25, -0.2) is 14.2 Å². The van der Waals surface area contributed by atoms with Crippen LogP contribution in [0.25, 0.3) is 11.0 Å². The lowest BCUT2D eigenvalue weighted by Gasteiger charge is -2.35. The van der Waals surface area contributed by atoms with Crippen molar-refractivity contribution in [2.24, 2.45) is 0 Å². The first kappa shape index (κ1) is 18.9. The van der Waals surface area contributed by atoms with Crippen LogP contribution in [0, 0.1) is 5.82 Å². The topological polar surface area (TPSA) is 87.9 Å². The first-order chi connectivity index (χ1) is 13.0. The van der Waals surface area contributed by atoms with Crippen molar-refractivity contribution in [3.63, 3.8) is 0 Å². The Hall–Kier alpha value is -2.39. The van der Waals surface area contributed by atoms with Gasteiger partial charge in [-0.05, 0) is 25.3 Å². The summed E-state index contributed by atoms with van der Waals surface area (Å²) in [5.74, 6) is -0.607. The Labute approximate surface area is 165 Å². The van der Waals surface area contributed by atoms with Gasteiger partial charge in [0.1, 0.15) is 5.65 Å². The fourth-order valence-electron chi connectivity index (χ4n) is 4.19. The Kier molecular flexibility index (Phi) is 4.67. The highest BCUT2D eigenvalue weighted by molar-refractivity contribution is 5.85. The normalized spacial score (nSPS) is 23.5. The lowest BCUT2D eigenvalue weighted by Crippen LogP contribution is -2.47. The second-order valence-electron chi connectivity index (χ2n) is 7.43. The number of carbonyl (C=O) groups is 1. The summed E-state index contributed by atoms with van der Waals surface area (Å²) in [4.78, 5) is 32.4. The Morgan fingerprint density at radius 3 is 2.71 bits per heavy atom. The maximum absolute atomic E-state index is 14.9. The summed E-state index contributed by atoms with van der Waals surface area (Å²) in [6.45, 7) is 3.49. The summed E-state index contributed by atoms with van der Waals surface area (Å²) in [5.41, 5.74) is -0.273. The smallest absolute Gasteiger partial charge is 0.449 e. The molecule has 8 nitrogen and oxygen atoms in total. The van der Waals surface area contributed by atoms with Crippen LogP contribution >= 0.6 is 12.4 Å². The third-order valence-corrected chi connectivity index (χ3v) is 5.66. The van der Waals surface area contributed by atoms with E-state index >= 15 is 0 Å². The van der Waals surface area contributed by atoms with Gasteiger partial charge in [-0.15, -0.1) is 12.4 Å². The molecule has 1 aliphatic carbocycles. The van der Waals surface area contributed by atoms with Gasteiger partial charge in [-0.1, -0.05) is 0 Å². The molecule has 0 aromatic carbocycles. The number of nitrogens with zero attached hydrogens (tertiary/aromatic N) is 4. The molecule has 4 heterocycles. The molecular weight excluding hydrogens is 391 g/mol. The third-order valence-electron chi connectivity index (χ3n) is 5.66. The van der Waals surface area contributed by atoms with Crippen LogP contribution in [0.1, 0.15) is 25.3 Å². The molecule has 2 aromatic rings. The molecule has 0 amide bonds. The van der Waals surface area contributed by atoms with E-state index in [2.05, 4.69) is 14.6 Å². The summed E-state index contributed by atoms with van der Waals surface area (Å²) >= 11 is 0. The predicted molar refractivity (Wildman–Crippen MR) is 102 cm³/mol. The quantitative estimate of drug-likeness (QED) is 0.776. The Balaban J connectivity index is 0.00000192. The van der Waals surface area contributed by atoms with Crippen molar-refractivity contribution in [2.75, 3.05) is 31.1 Å². The Morgan fingerprint density at radius 1 is 1.21 bits per heavy atom. The number of fused-ring (bicyclic) bond motifs is 3. The molecule has 28 heavy (non-hydrogen) atoms. The molecule has 3 aliphatic rings. The second-order valence-corrected chi connectivity index (χ2v) is 7.43. The molecule has 1 saturated carbocycles. The van der Waals surface area contributed by atoms with E-state index in [9.17, 15) is 14.0 Å². The number of ether oxygens (including phenoxy) is 1. The molecule has 2 aromatic heterocycles. The van der Waals surface area contributed by atoms with Crippen LogP contribution in [0.3, 0.4) is 0 Å². The monoisotopic (exact) mass is 410 g/mol. The SMILES string of the molecule is Cl.O=C(O)Oc1cn(C2CC2)c2nc(N3CCN4CCC3C4)c(F)cc2c1=O. The molecule has 2 atom stereocenters. The van der Waals surface area contributed by atoms with E-state index in [0.29, 0.717) is 12.2 Å². The van der Waals surface area contributed by atoms with Crippen LogP contribution in [0.2, 0.25) is 0 Å². The second kappa shape index (κ2) is 6.89. The van der Waals surface area contributed by atoms with E-state index in [1.54, 1.807) is 4.57 Å². The highest BCUT2D eigenvalue weighted by Gasteiger charge is 2.35. The van der Waals surface area contributed by atoms with Crippen molar-refractivity contribution in [3.05, 3.63) is 28.3 Å². The fraction of sp³-hybridized carbons (Fsp3) is 0.500. The van der Waals surface area contributed by atoms with Crippen LogP contribution in [0.5, 0.6) is 5.75 Å². The molecule has 2 bridgehead atoms. The number of hydrogen-bond donors (Lipinski definition) is 1. The van der Waals surface area contributed by atoms with E-state index in [1.807, 2.05) is 4.90 Å². The van der Waals surface area contributed by atoms with Gasteiger partial charge < -0.3 is 19.3 Å². The molecule has 150 valence electrons. The summed E-state index contributed by atoms with van der Waals surface area (Å²) < 4.78 is 21.3. The van der Waals surface area contributed by atoms with Crippen molar-refractivity contribution in [3.8, 4) is 5.75 Å². The average Bonchev–Trinajstić information content (AvgIpc) is 3.41. The first-order valence-corrected chi connectivity index (χ1v) is 9.16. The van der Waals surface area contributed by atoms with E-state index in [1.165, 1.54) is 12.3 Å². The van der Waals surface area contributed by atoms with Gasteiger partial charge in [0, 0.05) is 38.3 Å². The van der Waals surface area contributed by atoms with Crippen LogP contribution in [0.15, 0.2) is 17.1 Å². The van der Waals surface area contributed by atoms with Gasteiger partial charge in [-0.3, -0.25) is 9.69 Å². The third kappa shape index (κ3) is 3.08. The van der Waals surface area contributed by atoms with Crippen molar-refractivity contribution >= 4 is 35.4 Å². The number of anilines is 1. The molecule has 3 fully saturated rings. The zero-order valence-electron chi connectivity index (χ0n) is 15.0. The highest BCUT2D eigenvalue weighted by atomic mass is 35.5. The van der Waals surface area contributed by atoms with E-state index < -0.39 is 17.4 Å². The maximum Gasteiger partial charge on any atom is 0.511 e. The largest absolute Gasteiger partial charge is 0.511 e. The molecule has 1 N–H and O–H groups in total. The number of hydrogen-bond acceptors (Lipinski definition) is 6. The van der Waals surface area contributed by atoms with Crippen LogP contribution in [-0.2, 0) is 0 Å². The lowest BCUT2D eigenvalue weighted by molar-refractivity contribution is 0.143. The number of rotatable bonds is 3. The van der Waals surface area contributed by atoms with Crippen molar-refractivity contribution < 1.29 is 19.0 Å². The minimum Gasteiger partial charge on any atom is -0.449 e. The highest BCUT2D eigenvalue weighted by Crippen LogP contribution is 2.38. The molecule has 0 spiro atoms. The number of aromatic nitrogens is 2. The Bertz CT molecular complexity index is 1010. The molecule has 10 heteroatoms. The lowest BCUT2D eigenvalue weighted by atomic mass is 10.2. The average molecular weight is 411 g/mol. The molecule has 5 rings (SSSR count). The van der Waals surface area contributed by atoms with E-state index in [-0.39, 0.29) is 41.4 Å². The van der Waals surface area contributed by atoms with Crippen LogP contribution < -0.4 is 15.1 Å². The van der Waals surface area contributed by atoms with Crippen molar-refractivity contribution in [2.45, 2.75) is 31.3 Å². The first-order valence-electron chi connectivity index (χ1n) is 9.16. The molecule has 2 saturated heterocycles. The molecular formula is C18H20ClFN4O4. The van der Waals surface area contributed by atoms with Crippen LogP contribution in [0.4, 0.5) is 15.0 Å². The van der Waals surface area contributed by atoms with Gasteiger partial charge in [0.25, 0.3) is 0 Å². The van der Waals surface area contributed by atoms with E-state index in [0.717, 1.165) is 38.9 Å². The standard InChI is InChI=1S/C18H19FN4O4.ClH/c19-13-7-12-15(24)14(27-18(25)26)9-23(10-1-2-10)16(12)20-17(13)22-6-5-21-4-3-11(22)8-21;/h7,9-11H,1-6,8H2,(H,25,26);1H. The van der Waals surface area contributed by atoms with Crippen molar-refractivity contribution in [1.29, 1.82) is 0 Å². The number of piperazine rings is 1. The van der Waals surface area contributed by atoms with Gasteiger partial charge in [0.05, 0.1) is 11.6 Å². The number of halogens is 2. The van der Waals surface area contributed by atoms with Gasteiger partial charge in [0.15, 0.2) is 17.4 Å². The molecule has 2 aliphatic heterocycles. The number of carboxylic acid groups (broad SMARTS) is 1.